The lowest BCUT2D eigenvalue weighted by Gasteiger charge is -2.55. The van der Waals surface area contributed by atoms with E-state index in [-0.39, 0.29) is 29.2 Å². The molecule has 0 aromatic heterocycles. The number of hydrogen-bond acceptors (Lipinski definition) is 5. The van der Waals surface area contributed by atoms with Crippen molar-refractivity contribution in [2.75, 3.05) is 45.8 Å². The molecule has 9 rings (SSSR count). The van der Waals surface area contributed by atoms with Gasteiger partial charge in [0.2, 0.25) is 5.91 Å². The molecule has 0 spiro atoms. The van der Waals surface area contributed by atoms with Gasteiger partial charge in [0.25, 0.3) is 5.91 Å². The second-order valence-electron chi connectivity index (χ2n) is 15.2. The van der Waals surface area contributed by atoms with Gasteiger partial charge in [0.1, 0.15) is 51.5 Å². The van der Waals surface area contributed by atoms with Crippen LogP contribution >= 0.6 is 0 Å². The molecule has 2 aromatic rings. The van der Waals surface area contributed by atoms with Gasteiger partial charge in [-0.3, -0.25) is 14.4 Å². The minimum absolute atomic E-state index is 0.0234. The van der Waals surface area contributed by atoms with Gasteiger partial charge in [-0.25, -0.2) is 4.79 Å². The first kappa shape index (κ1) is 30.5. The number of carbonyl (C=O) groups excluding carboxylic acids is 3. The predicted molar refractivity (Wildman–Crippen MR) is 174 cm³/mol. The SMILES string of the molecule is C[C@@H](O)[C@H]1C(=O)N2C(C(=O)O)=C(c3ccc4c(c3)-c3ccc(C[N+]56CC[N+](CC(=O)NC7CCCC7)(CC5)CC6)cc3C4=O)[C@H](C)[C@H]12. The highest BCUT2D eigenvalue weighted by Gasteiger charge is 2.60. The standard InChI is InChI=1S/C37H42N4O6/c1-21-31(34(37(46)47)39-33(21)32(22(2)42)36(39)45)24-8-10-27-28(18-24)26-9-7-23(17-29(26)35(27)44)19-40-11-14-41(15-12-40,16-13-40)20-30(43)38-25-5-3-4-6-25/h7-10,17-18,21-22,25,32-33,42H,3-6,11-16,19-20H2,1-2H3/p+2/t21-,22+,32+,33+,40?,41?/m0/s1. The number of carboxylic acids is 1. The van der Waals surface area contributed by atoms with E-state index < -0.39 is 24.0 Å². The summed E-state index contributed by atoms with van der Waals surface area (Å²) in [5.41, 5.74) is 5.27. The van der Waals surface area contributed by atoms with Gasteiger partial charge in [-0.1, -0.05) is 38.0 Å². The predicted octanol–water partition coefficient (Wildman–Crippen LogP) is 2.77. The van der Waals surface area contributed by atoms with Gasteiger partial charge in [-0.15, -0.1) is 0 Å². The van der Waals surface area contributed by atoms with Gasteiger partial charge in [0.05, 0.1) is 18.1 Å². The first-order valence-corrected chi connectivity index (χ1v) is 17.3. The van der Waals surface area contributed by atoms with Crippen LogP contribution in [-0.2, 0) is 20.9 Å². The third-order valence-corrected chi connectivity index (χ3v) is 12.4. The van der Waals surface area contributed by atoms with E-state index in [0.29, 0.717) is 34.9 Å². The zero-order valence-electron chi connectivity index (χ0n) is 27.2. The van der Waals surface area contributed by atoms with Gasteiger partial charge < -0.3 is 29.4 Å². The minimum atomic E-state index is -1.17. The van der Waals surface area contributed by atoms with Gasteiger partial charge >= 0.3 is 5.97 Å². The molecule has 10 heteroatoms. The molecule has 0 radical (unpaired) electrons. The number of aliphatic hydroxyl groups excluding tert-OH is 1. The van der Waals surface area contributed by atoms with Crippen LogP contribution in [0.1, 0.15) is 66.6 Å². The summed E-state index contributed by atoms with van der Waals surface area (Å²) < 4.78 is 1.88. The van der Waals surface area contributed by atoms with Crippen molar-refractivity contribution in [2.24, 2.45) is 11.8 Å². The summed E-state index contributed by atoms with van der Waals surface area (Å²) in [6.45, 7) is 11.0. The molecule has 5 heterocycles. The summed E-state index contributed by atoms with van der Waals surface area (Å²) >= 11 is 0. The number of aliphatic carboxylic acids is 1. The van der Waals surface area contributed by atoms with Crippen molar-refractivity contribution in [3.8, 4) is 11.1 Å². The van der Waals surface area contributed by atoms with Crippen molar-refractivity contribution < 1.29 is 38.4 Å². The lowest BCUT2D eigenvalue weighted by molar-refractivity contribution is -1.08. The van der Waals surface area contributed by atoms with Gasteiger partial charge in [-0.05, 0) is 60.2 Å². The van der Waals surface area contributed by atoms with Crippen LogP contribution in [-0.4, -0.2) is 112 Å². The molecule has 47 heavy (non-hydrogen) atoms. The Bertz CT molecular complexity index is 1730. The number of carboxylic acid groups (broad SMARTS) is 1. The number of amides is 2. The quantitative estimate of drug-likeness (QED) is 0.257. The van der Waals surface area contributed by atoms with Crippen LogP contribution in [0.3, 0.4) is 0 Å². The molecule has 3 N–H and O–H groups in total. The molecule has 2 aliphatic carbocycles. The van der Waals surface area contributed by atoms with Gasteiger partial charge in [0, 0.05) is 28.7 Å². The molecule has 10 nitrogen and oxygen atoms in total. The van der Waals surface area contributed by atoms with E-state index in [1.807, 2.05) is 25.1 Å². The average molecular weight is 641 g/mol. The molecule has 2 bridgehead atoms. The lowest BCUT2D eigenvalue weighted by Crippen LogP contribution is -2.75. The number of rotatable bonds is 8. The summed E-state index contributed by atoms with van der Waals surface area (Å²) in [6.07, 6.45) is 3.78. The highest BCUT2D eigenvalue weighted by atomic mass is 16.4. The van der Waals surface area contributed by atoms with Crippen LogP contribution in [0.4, 0.5) is 0 Å². The molecule has 2 aromatic carbocycles. The third kappa shape index (κ3) is 4.70. The minimum Gasteiger partial charge on any atom is -0.477 e. The van der Waals surface area contributed by atoms with Crippen molar-refractivity contribution in [3.63, 3.8) is 0 Å². The van der Waals surface area contributed by atoms with E-state index in [1.54, 1.807) is 19.1 Å². The second kappa shape index (κ2) is 10.8. The normalized spacial score (nSPS) is 31.5. The number of quaternary nitrogens is 2. The van der Waals surface area contributed by atoms with E-state index in [9.17, 15) is 29.4 Å². The Hall–Kier alpha value is -3.86. The number of hydrogen-bond donors (Lipinski definition) is 3. The monoisotopic (exact) mass is 640 g/mol. The first-order chi connectivity index (χ1) is 22.5. The molecule has 0 unspecified atom stereocenters. The summed E-state index contributed by atoms with van der Waals surface area (Å²) in [7, 11) is 0. The van der Waals surface area contributed by atoms with E-state index in [1.165, 1.54) is 17.7 Å². The number of nitrogens with one attached hydrogen (secondary N) is 1. The number of ketones is 1. The molecule has 2 amide bonds. The molecule has 4 atom stereocenters. The molecule has 246 valence electrons. The molecule has 4 saturated heterocycles. The van der Waals surface area contributed by atoms with Crippen LogP contribution in [0.5, 0.6) is 0 Å². The largest absolute Gasteiger partial charge is 0.477 e. The molecule has 5 aliphatic heterocycles. The first-order valence-electron chi connectivity index (χ1n) is 17.3. The molecule has 1 saturated carbocycles. The average Bonchev–Trinajstić information content (AvgIpc) is 3.72. The Morgan fingerprint density at radius 3 is 2.23 bits per heavy atom. The Morgan fingerprint density at radius 1 is 0.915 bits per heavy atom. The lowest BCUT2D eigenvalue weighted by atomic mass is 9.76. The van der Waals surface area contributed by atoms with E-state index >= 15 is 0 Å². The highest BCUT2D eigenvalue weighted by molar-refractivity contribution is 6.22. The molecular formula is C37H44N4O6+2. The van der Waals surface area contributed by atoms with Crippen molar-refractivity contribution in [1.29, 1.82) is 0 Å². The summed E-state index contributed by atoms with van der Waals surface area (Å²) in [5, 5.41) is 23.7. The zero-order chi connectivity index (χ0) is 32.8. The molecular weight excluding hydrogens is 596 g/mol. The van der Waals surface area contributed by atoms with Crippen molar-refractivity contribution in [2.45, 2.75) is 64.3 Å². The Balaban J connectivity index is 1.01. The maximum absolute atomic E-state index is 13.7. The van der Waals surface area contributed by atoms with Crippen LogP contribution in [0.25, 0.3) is 16.7 Å². The fourth-order valence-electron chi connectivity index (χ4n) is 9.80. The third-order valence-electron chi connectivity index (χ3n) is 12.4. The Kier molecular flexibility index (Phi) is 7.02. The number of benzene rings is 2. The second-order valence-corrected chi connectivity index (χ2v) is 15.2. The van der Waals surface area contributed by atoms with Gasteiger partial charge in [-0.2, -0.15) is 0 Å². The Morgan fingerprint density at radius 2 is 1.57 bits per heavy atom. The number of nitrogens with zero attached hydrogens (tertiary/aromatic N) is 3. The van der Waals surface area contributed by atoms with E-state index in [4.69, 9.17) is 0 Å². The van der Waals surface area contributed by atoms with E-state index in [2.05, 4.69) is 11.4 Å². The summed E-state index contributed by atoms with van der Waals surface area (Å²) in [4.78, 5) is 53.2. The Labute approximate surface area is 274 Å². The molecule has 7 aliphatic rings. The van der Waals surface area contributed by atoms with Crippen LogP contribution in [0.15, 0.2) is 42.1 Å². The summed E-state index contributed by atoms with van der Waals surface area (Å²) in [6, 6.07) is 11.6. The smallest absolute Gasteiger partial charge is 0.352 e. The fraction of sp³-hybridized carbons (Fsp3) is 0.514. The highest BCUT2D eigenvalue weighted by Crippen LogP contribution is 2.51. The van der Waals surface area contributed by atoms with Crippen LogP contribution < -0.4 is 5.32 Å². The van der Waals surface area contributed by atoms with Crippen LogP contribution in [0, 0.1) is 11.8 Å². The van der Waals surface area contributed by atoms with Gasteiger partial charge in [0.15, 0.2) is 12.3 Å². The van der Waals surface area contributed by atoms with Crippen molar-refractivity contribution in [3.05, 3.63) is 64.3 Å². The molecule has 5 fully saturated rings. The number of aliphatic hydroxyl groups is 1. The maximum Gasteiger partial charge on any atom is 0.352 e. The number of fused-ring (bicyclic) bond motifs is 7. The number of β-lactam (4-membered cyclic amide) rings is 1. The maximum atomic E-state index is 13.7. The van der Waals surface area contributed by atoms with E-state index in [0.717, 1.165) is 84.3 Å². The van der Waals surface area contributed by atoms with Crippen LogP contribution in [0.2, 0.25) is 0 Å². The summed E-state index contributed by atoms with van der Waals surface area (Å²) in [5.74, 6) is -2.25. The number of carbonyl (C=O) groups is 4. The van der Waals surface area contributed by atoms with Crippen molar-refractivity contribution >= 4 is 29.1 Å². The topological polar surface area (TPSA) is 124 Å². The fourth-order valence-corrected chi connectivity index (χ4v) is 9.80. The van der Waals surface area contributed by atoms with Crippen molar-refractivity contribution in [1.82, 2.24) is 10.2 Å². The number of piperazine rings is 3. The zero-order valence-corrected chi connectivity index (χ0v) is 27.2.